The van der Waals surface area contributed by atoms with Crippen molar-refractivity contribution < 1.29 is 4.74 Å². The fraction of sp³-hybridized carbons (Fsp3) is 0.462. The molecule has 19 heavy (non-hydrogen) atoms. The van der Waals surface area contributed by atoms with Crippen molar-refractivity contribution in [1.29, 1.82) is 0 Å². The van der Waals surface area contributed by atoms with Crippen LogP contribution in [0.5, 0.6) is 0 Å². The molecule has 102 valence electrons. The summed E-state index contributed by atoms with van der Waals surface area (Å²) >= 11 is 17.4. The summed E-state index contributed by atoms with van der Waals surface area (Å²) in [7, 11) is 0. The lowest BCUT2D eigenvalue weighted by Crippen LogP contribution is -2.07. The molecule has 0 unspecified atom stereocenters. The summed E-state index contributed by atoms with van der Waals surface area (Å²) in [6.45, 7) is 2.25. The first-order valence-electron chi connectivity index (χ1n) is 6.30. The standard InChI is InChI=1S/C13H14Cl2N2OS/c14-9-5-11-12(6-10(9)15)17(13(19)16-11)3-4-18-7-8-1-2-8/h5-6,8H,1-4,7H2,(H,16,19). The van der Waals surface area contributed by atoms with Gasteiger partial charge in [0, 0.05) is 13.2 Å². The monoisotopic (exact) mass is 316 g/mol. The van der Waals surface area contributed by atoms with Crippen LogP contribution in [0.15, 0.2) is 12.1 Å². The summed E-state index contributed by atoms with van der Waals surface area (Å²) in [5.74, 6) is 0.782. The molecule has 0 amide bonds. The molecule has 3 rings (SSSR count). The minimum Gasteiger partial charge on any atom is -0.379 e. The number of hydrogen-bond donors (Lipinski definition) is 1. The highest BCUT2D eigenvalue weighted by atomic mass is 35.5. The molecule has 0 saturated heterocycles. The van der Waals surface area contributed by atoms with E-state index in [-0.39, 0.29) is 0 Å². The molecule has 1 aromatic heterocycles. The van der Waals surface area contributed by atoms with Crippen LogP contribution in [0.2, 0.25) is 10.0 Å². The first-order valence-corrected chi connectivity index (χ1v) is 7.47. The number of ether oxygens (including phenoxy) is 1. The van der Waals surface area contributed by atoms with Gasteiger partial charge in [0.05, 0.1) is 27.7 Å². The van der Waals surface area contributed by atoms with Crippen LogP contribution in [0.4, 0.5) is 0 Å². The van der Waals surface area contributed by atoms with E-state index in [9.17, 15) is 0 Å². The SMILES string of the molecule is S=c1[nH]c2cc(Cl)c(Cl)cc2n1CCOCC1CC1. The van der Waals surface area contributed by atoms with E-state index in [0.717, 1.165) is 30.1 Å². The molecular formula is C13H14Cl2N2OS. The molecule has 3 nitrogen and oxygen atoms in total. The molecule has 2 aromatic rings. The van der Waals surface area contributed by atoms with E-state index in [4.69, 9.17) is 40.2 Å². The second kappa shape index (κ2) is 5.44. The van der Waals surface area contributed by atoms with Crippen LogP contribution in [0.1, 0.15) is 12.8 Å². The fourth-order valence-corrected chi connectivity index (χ4v) is 2.69. The van der Waals surface area contributed by atoms with Gasteiger partial charge in [0.25, 0.3) is 0 Å². The number of aromatic amines is 1. The molecule has 1 saturated carbocycles. The lowest BCUT2D eigenvalue weighted by Gasteiger charge is -2.06. The van der Waals surface area contributed by atoms with Crippen molar-refractivity contribution in [2.45, 2.75) is 19.4 Å². The molecule has 0 radical (unpaired) electrons. The summed E-state index contributed by atoms with van der Waals surface area (Å²) in [5, 5.41) is 1.07. The Labute approximate surface area is 126 Å². The Morgan fingerprint density at radius 2 is 2.05 bits per heavy atom. The number of hydrogen-bond acceptors (Lipinski definition) is 2. The quantitative estimate of drug-likeness (QED) is 0.653. The Balaban J connectivity index is 1.78. The lowest BCUT2D eigenvalue weighted by atomic mass is 10.3. The number of H-pyrrole nitrogens is 1. The average Bonchev–Trinajstić information content (AvgIpc) is 3.13. The van der Waals surface area contributed by atoms with E-state index in [0.29, 0.717) is 21.4 Å². The summed E-state index contributed by atoms with van der Waals surface area (Å²) in [6, 6.07) is 3.64. The second-order valence-corrected chi connectivity index (χ2v) is 6.08. The third kappa shape index (κ3) is 2.97. The maximum atomic E-state index is 6.06. The smallest absolute Gasteiger partial charge is 0.178 e. The van der Waals surface area contributed by atoms with Crippen LogP contribution in [-0.2, 0) is 11.3 Å². The fourth-order valence-electron chi connectivity index (χ4n) is 2.06. The molecule has 1 heterocycles. The number of aromatic nitrogens is 2. The van der Waals surface area contributed by atoms with E-state index in [1.165, 1.54) is 12.8 Å². The van der Waals surface area contributed by atoms with E-state index in [1.807, 2.05) is 10.6 Å². The number of nitrogens with one attached hydrogen (secondary N) is 1. The molecule has 1 N–H and O–H groups in total. The first kappa shape index (κ1) is 13.4. The highest BCUT2D eigenvalue weighted by Gasteiger charge is 2.21. The van der Waals surface area contributed by atoms with Crippen LogP contribution >= 0.6 is 35.4 Å². The number of fused-ring (bicyclic) bond motifs is 1. The molecule has 1 fully saturated rings. The Morgan fingerprint density at radius 3 is 2.79 bits per heavy atom. The van der Waals surface area contributed by atoms with Crippen LogP contribution < -0.4 is 0 Å². The minimum atomic E-state index is 0.530. The van der Waals surface area contributed by atoms with E-state index < -0.39 is 0 Å². The summed E-state index contributed by atoms with van der Waals surface area (Å²) in [5.41, 5.74) is 1.87. The van der Waals surface area contributed by atoms with E-state index in [1.54, 1.807) is 6.07 Å². The largest absolute Gasteiger partial charge is 0.379 e. The van der Waals surface area contributed by atoms with Gasteiger partial charge < -0.3 is 14.3 Å². The highest BCUT2D eigenvalue weighted by molar-refractivity contribution is 7.71. The van der Waals surface area contributed by atoms with E-state index >= 15 is 0 Å². The Hall–Kier alpha value is -0.550. The molecule has 0 spiro atoms. The zero-order chi connectivity index (χ0) is 13.4. The van der Waals surface area contributed by atoms with Gasteiger partial charge >= 0.3 is 0 Å². The zero-order valence-corrected chi connectivity index (χ0v) is 12.6. The lowest BCUT2D eigenvalue weighted by molar-refractivity contribution is 0.117. The summed E-state index contributed by atoms with van der Waals surface area (Å²) in [6.07, 6.45) is 2.61. The van der Waals surface area contributed by atoms with Gasteiger partial charge in [-0.2, -0.15) is 0 Å². The molecule has 0 bridgehead atoms. The molecule has 0 aliphatic heterocycles. The van der Waals surface area contributed by atoms with Gasteiger partial charge in [-0.3, -0.25) is 0 Å². The molecule has 1 aromatic carbocycles. The zero-order valence-electron chi connectivity index (χ0n) is 10.3. The molecule has 0 atom stereocenters. The first-order chi connectivity index (χ1) is 9.15. The van der Waals surface area contributed by atoms with Crippen LogP contribution in [0.3, 0.4) is 0 Å². The van der Waals surface area contributed by atoms with Gasteiger partial charge in [-0.15, -0.1) is 0 Å². The minimum absolute atomic E-state index is 0.530. The van der Waals surface area contributed by atoms with Crippen LogP contribution in [0, 0.1) is 10.7 Å². The molecule has 1 aliphatic rings. The number of rotatable bonds is 5. The Kier molecular flexibility index (Phi) is 3.85. The van der Waals surface area contributed by atoms with Crippen LogP contribution in [-0.4, -0.2) is 22.8 Å². The third-order valence-corrected chi connectivity index (χ3v) is 4.37. The highest BCUT2D eigenvalue weighted by Crippen LogP contribution is 2.29. The number of benzene rings is 1. The topological polar surface area (TPSA) is 29.9 Å². The predicted molar refractivity (Wildman–Crippen MR) is 80.7 cm³/mol. The third-order valence-electron chi connectivity index (χ3n) is 3.33. The summed E-state index contributed by atoms with van der Waals surface area (Å²) < 4.78 is 8.32. The van der Waals surface area contributed by atoms with E-state index in [2.05, 4.69) is 4.98 Å². The molecule has 6 heteroatoms. The van der Waals surface area contributed by atoms with Gasteiger partial charge in [0.15, 0.2) is 4.77 Å². The van der Waals surface area contributed by atoms with Crippen molar-refractivity contribution in [1.82, 2.24) is 9.55 Å². The predicted octanol–water partition coefficient (Wildman–Crippen LogP) is 4.43. The molecular weight excluding hydrogens is 303 g/mol. The average molecular weight is 317 g/mol. The normalized spacial score (nSPS) is 15.3. The van der Waals surface area contributed by atoms with Gasteiger partial charge in [0.1, 0.15) is 0 Å². The van der Waals surface area contributed by atoms with Crippen molar-refractivity contribution in [3.8, 4) is 0 Å². The van der Waals surface area contributed by atoms with Gasteiger partial charge in [-0.25, -0.2) is 0 Å². The van der Waals surface area contributed by atoms with Gasteiger partial charge in [-0.1, -0.05) is 23.2 Å². The van der Waals surface area contributed by atoms with Crippen molar-refractivity contribution >= 4 is 46.5 Å². The number of halogens is 2. The van der Waals surface area contributed by atoms with Crippen LogP contribution in [0.25, 0.3) is 11.0 Å². The maximum absolute atomic E-state index is 6.06. The van der Waals surface area contributed by atoms with Crippen molar-refractivity contribution in [2.75, 3.05) is 13.2 Å². The molecule has 1 aliphatic carbocycles. The Morgan fingerprint density at radius 1 is 1.32 bits per heavy atom. The van der Waals surface area contributed by atoms with Crippen molar-refractivity contribution in [3.05, 3.63) is 26.9 Å². The second-order valence-electron chi connectivity index (χ2n) is 4.88. The maximum Gasteiger partial charge on any atom is 0.178 e. The Bertz CT molecular complexity index is 660. The van der Waals surface area contributed by atoms with Gasteiger partial charge in [0.2, 0.25) is 0 Å². The van der Waals surface area contributed by atoms with Crippen molar-refractivity contribution in [2.24, 2.45) is 5.92 Å². The number of nitrogens with zero attached hydrogens (tertiary/aromatic N) is 1. The summed E-state index contributed by atoms with van der Waals surface area (Å²) in [4.78, 5) is 3.14. The van der Waals surface area contributed by atoms with Crippen molar-refractivity contribution in [3.63, 3.8) is 0 Å². The van der Waals surface area contributed by atoms with Gasteiger partial charge in [-0.05, 0) is 43.1 Å². The number of imidazole rings is 1.